The first-order chi connectivity index (χ1) is 5.00. The van der Waals surface area contributed by atoms with Crippen LogP contribution in [0.3, 0.4) is 0 Å². The Balaban J connectivity index is 0.000000108. The molecular weight excluding hydrogens is 126 g/mol. The van der Waals surface area contributed by atoms with Gasteiger partial charge in [-0.15, -0.1) is 0 Å². The molecule has 0 amide bonds. The first-order valence-electron chi connectivity index (χ1n) is 3.41. The van der Waals surface area contributed by atoms with Crippen LogP contribution in [0.5, 0.6) is 0 Å². The molecule has 10 heavy (non-hydrogen) atoms. The van der Waals surface area contributed by atoms with E-state index in [0.29, 0.717) is 0 Å². The molecule has 1 saturated heterocycles. The lowest BCUT2D eigenvalue weighted by Gasteiger charge is -2.09. The molecule has 1 N–H and O–H groups in total. The molecule has 0 bridgehead atoms. The van der Waals surface area contributed by atoms with Gasteiger partial charge in [-0.05, 0) is 25.6 Å². The van der Waals surface area contributed by atoms with Gasteiger partial charge in [0.25, 0.3) is 0 Å². The highest BCUT2D eigenvalue weighted by atomic mass is 14.9. The molecular formula is C7H11N3. The standard InChI is InChI=1S/C4H4N2.C3H7N/c1-2-5-4-6-3-1;1-2-4-3-1/h1-4H;4H,1-3H2. The molecule has 1 aliphatic heterocycles. The van der Waals surface area contributed by atoms with Crippen LogP contribution in [0.2, 0.25) is 0 Å². The molecule has 1 aromatic rings. The van der Waals surface area contributed by atoms with E-state index in [4.69, 9.17) is 0 Å². The van der Waals surface area contributed by atoms with E-state index < -0.39 is 0 Å². The predicted molar refractivity (Wildman–Crippen MR) is 39.5 cm³/mol. The molecule has 1 aromatic heterocycles. The third-order valence-corrected chi connectivity index (χ3v) is 1.18. The van der Waals surface area contributed by atoms with Crippen molar-refractivity contribution in [3.8, 4) is 0 Å². The molecule has 0 radical (unpaired) electrons. The number of hydrogen-bond donors (Lipinski definition) is 1. The molecule has 54 valence electrons. The quantitative estimate of drug-likeness (QED) is 0.564. The van der Waals surface area contributed by atoms with Crippen LogP contribution in [-0.4, -0.2) is 23.1 Å². The third kappa shape index (κ3) is 3.14. The van der Waals surface area contributed by atoms with Crippen molar-refractivity contribution in [3.63, 3.8) is 0 Å². The SMILES string of the molecule is C1CNC1.c1cncnc1. The normalized spacial score (nSPS) is 14.4. The second kappa shape index (κ2) is 4.88. The lowest BCUT2D eigenvalue weighted by atomic mass is 10.3. The van der Waals surface area contributed by atoms with Gasteiger partial charge >= 0.3 is 0 Å². The summed E-state index contributed by atoms with van der Waals surface area (Å²) < 4.78 is 0. The molecule has 0 aliphatic carbocycles. The largest absolute Gasteiger partial charge is 0.317 e. The lowest BCUT2D eigenvalue weighted by Crippen LogP contribution is -2.29. The molecule has 0 saturated carbocycles. The third-order valence-electron chi connectivity index (χ3n) is 1.18. The summed E-state index contributed by atoms with van der Waals surface area (Å²) in [5.41, 5.74) is 0. The monoisotopic (exact) mass is 137 g/mol. The van der Waals surface area contributed by atoms with Gasteiger partial charge in [0.05, 0.1) is 0 Å². The summed E-state index contributed by atoms with van der Waals surface area (Å²) in [4.78, 5) is 7.35. The van der Waals surface area contributed by atoms with E-state index >= 15 is 0 Å². The highest BCUT2D eigenvalue weighted by Gasteiger charge is 1.92. The highest BCUT2D eigenvalue weighted by Crippen LogP contribution is 1.80. The highest BCUT2D eigenvalue weighted by molar-refractivity contribution is 4.74. The van der Waals surface area contributed by atoms with Gasteiger partial charge in [0.1, 0.15) is 6.33 Å². The van der Waals surface area contributed by atoms with E-state index in [9.17, 15) is 0 Å². The van der Waals surface area contributed by atoms with Crippen molar-refractivity contribution in [2.75, 3.05) is 13.1 Å². The second-order valence-corrected chi connectivity index (χ2v) is 2.01. The van der Waals surface area contributed by atoms with Crippen molar-refractivity contribution in [3.05, 3.63) is 24.8 Å². The summed E-state index contributed by atoms with van der Waals surface area (Å²) in [5, 5.41) is 3.11. The fourth-order valence-electron chi connectivity index (χ4n) is 0.430. The first kappa shape index (κ1) is 7.15. The van der Waals surface area contributed by atoms with E-state index in [1.165, 1.54) is 25.8 Å². The number of rotatable bonds is 0. The van der Waals surface area contributed by atoms with Crippen molar-refractivity contribution in [2.24, 2.45) is 0 Å². The van der Waals surface area contributed by atoms with Gasteiger partial charge in [0.15, 0.2) is 0 Å². The minimum absolute atomic E-state index is 1.25. The Bertz CT molecular complexity index is 117. The van der Waals surface area contributed by atoms with Gasteiger partial charge in [-0.3, -0.25) is 0 Å². The maximum absolute atomic E-state index is 3.67. The minimum atomic E-state index is 1.25. The van der Waals surface area contributed by atoms with Gasteiger partial charge in [-0.1, -0.05) is 0 Å². The van der Waals surface area contributed by atoms with Crippen LogP contribution < -0.4 is 5.32 Å². The Labute approximate surface area is 60.5 Å². The van der Waals surface area contributed by atoms with Crippen molar-refractivity contribution in [1.29, 1.82) is 0 Å². The van der Waals surface area contributed by atoms with Gasteiger partial charge in [-0.25, -0.2) is 9.97 Å². The number of nitrogens with one attached hydrogen (secondary N) is 1. The van der Waals surface area contributed by atoms with E-state index in [2.05, 4.69) is 15.3 Å². The fourth-order valence-corrected chi connectivity index (χ4v) is 0.430. The summed E-state index contributed by atoms with van der Waals surface area (Å²) in [5.74, 6) is 0. The molecule has 1 fully saturated rings. The zero-order chi connectivity index (χ0) is 7.07. The second-order valence-electron chi connectivity index (χ2n) is 2.01. The van der Waals surface area contributed by atoms with E-state index in [0.717, 1.165) is 0 Å². The van der Waals surface area contributed by atoms with Crippen molar-refractivity contribution in [1.82, 2.24) is 15.3 Å². The first-order valence-corrected chi connectivity index (χ1v) is 3.41. The van der Waals surface area contributed by atoms with Crippen LogP contribution in [0.4, 0.5) is 0 Å². The molecule has 2 heterocycles. The molecule has 0 atom stereocenters. The molecule has 2 rings (SSSR count). The van der Waals surface area contributed by atoms with Gasteiger partial charge < -0.3 is 5.32 Å². The maximum Gasteiger partial charge on any atom is 0.115 e. The molecule has 3 heteroatoms. The Morgan fingerprint density at radius 3 is 1.70 bits per heavy atom. The van der Waals surface area contributed by atoms with E-state index in [1.807, 2.05) is 0 Å². The Morgan fingerprint density at radius 1 is 1.10 bits per heavy atom. The zero-order valence-electron chi connectivity index (χ0n) is 5.83. The van der Waals surface area contributed by atoms with Crippen molar-refractivity contribution < 1.29 is 0 Å². The number of nitrogens with zero attached hydrogens (tertiary/aromatic N) is 2. The fraction of sp³-hybridized carbons (Fsp3) is 0.429. The van der Waals surface area contributed by atoms with Crippen LogP contribution in [0, 0.1) is 0 Å². The zero-order valence-corrected chi connectivity index (χ0v) is 5.83. The minimum Gasteiger partial charge on any atom is -0.317 e. The molecule has 0 spiro atoms. The van der Waals surface area contributed by atoms with Crippen LogP contribution in [0.15, 0.2) is 24.8 Å². The average Bonchev–Trinajstić information content (AvgIpc) is 1.88. The van der Waals surface area contributed by atoms with Gasteiger partial charge in [0, 0.05) is 12.4 Å². The molecule has 3 nitrogen and oxygen atoms in total. The maximum atomic E-state index is 3.67. The molecule has 0 unspecified atom stereocenters. The molecule has 1 aliphatic rings. The predicted octanol–water partition coefficient (Wildman–Crippen LogP) is 0.456. The Morgan fingerprint density at radius 2 is 1.60 bits per heavy atom. The summed E-state index contributed by atoms with van der Waals surface area (Å²) in [7, 11) is 0. The lowest BCUT2D eigenvalue weighted by molar-refractivity contribution is 0.527. The average molecular weight is 137 g/mol. The van der Waals surface area contributed by atoms with Crippen molar-refractivity contribution in [2.45, 2.75) is 6.42 Å². The summed E-state index contributed by atoms with van der Waals surface area (Å²) >= 11 is 0. The molecule has 0 aromatic carbocycles. The van der Waals surface area contributed by atoms with Crippen LogP contribution >= 0.6 is 0 Å². The van der Waals surface area contributed by atoms with Gasteiger partial charge in [-0.2, -0.15) is 0 Å². The van der Waals surface area contributed by atoms with E-state index in [1.54, 1.807) is 18.5 Å². The topological polar surface area (TPSA) is 37.8 Å². The van der Waals surface area contributed by atoms with Gasteiger partial charge in [0.2, 0.25) is 0 Å². The van der Waals surface area contributed by atoms with Crippen LogP contribution in [-0.2, 0) is 0 Å². The summed E-state index contributed by atoms with van der Waals surface area (Å²) in [6.07, 6.45) is 6.26. The Kier molecular flexibility index (Phi) is 3.49. The number of hydrogen-bond acceptors (Lipinski definition) is 3. The smallest absolute Gasteiger partial charge is 0.115 e. The van der Waals surface area contributed by atoms with Crippen LogP contribution in [0.25, 0.3) is 0 Å². The summed E-state index contributed by atoms with van der Waals surface area (Å²) in [6.45, 7) is 2.50. The van der Waals surface area contributed by atoms with E-state index in [-0.39, 0.29) is 0 Å². The number of aromatic nitrogens is 2. The van der Waals surface area contributed by atoms with Crippen LogP contribution in [0.1, 0.15) is 6.42 Å². The Hall–Kier alpha value is -0.960. The van der Waals surface area contributed by atoms with Crippen molar-refractivity contribution >= 4 is 0 Å². The summed E-state index contributed by atoms with van der Waals surface area (Å²) in [6, 6.07) is 1.78.